The quantitative estimate of drug-likeness (QED) is 0.505. The molecule has 0 saturated carbocycles. The Hall–Kier alpha value is -2.07. The summed E-state index contributed by atoms with van der Waals surface area (Å²) in [6.07, 6.45) is 4.82. The number of phenols is 2. The maximum atomic E-state index is 13.2. The van der Waals surface area contributed by atoms with Crippen LogP contribution in [-0.2, 0) is 12.8 Å². The zero-order valence-corrected chi connectivity index (χ0v) is 15.3. The highest BCUT2D eigenvalue weighted by atomic mass is 19.1. The lowest BCUT2D eigenvalue weighted by Gasteiger charge is -2.33. The molecule has 0 heterocycles. The monoisotopic (exact) mass is 357 g/mol. The van der Waals surface area contributed by atoms with Gasteiger partial charge >= 0.3 is 0 Å². The summed E-state index contributed by atoms with van der Waals surface area (Å²) in [4.78, 5) is 0. The molecule has 0 fully saturated rings. The molecule has 3 rings (SSSR count). The van der Waals surface area contributed by atoms with Crippen LogP contribution in [0.25, 0.3) is 0 Å². The van der Waals surface area contributed by atoms with Gasteiger partial charge in [-0.3, -0.25) is 0 Å². The first-order valence-electron chi connectivity index (χ1n) is 9.59. The van der Waals surface area contributed by atoms with Gasteiger partial charge in [0.1, 0.15) is 5.82 Å². The summed E-state index contributed by atoms with van der Waals surface area (Å²) in [7, 11) is 0. The number of aromatic hydroxyl groups is 2. The Balaban J connectivity index is 1.87. The van der Waals surface area contributed by atoms with E-state index in [1.807, 2.05) is 18.2 Å². The summed E-state index contributed by atoms with van der Waals surface area (Å²) < 4.78 is 13.2. The minimum atomic E-state index is -0.210. The molecule has 0 saturated heterocycles. The molecule has 3 N–H and O–H groups in total. The SMILES string of the molecule is CCCNCC(Cc1ccc(F)cc1)C1CCCc2c1ccc(O)c2O. The molecule has 0 bridgehead atoms. The standard InChI is InChI=1S/C22H28FNO2/c1-2-12-24-14-16(13-15-6-8-17(23)9-7-15)18-4-3-5-20-19(18)10-11-21(25)22(20)26/h6-11,16,18,24-26H,2-5,12-14H2,1H3. The van der Waals surface area contributed by atoms with E-state index in [1.54, 1.807) is 6.07 Å². The second kappa shape index (κ2) is 8.54. The van der Waals surface area contributed by atoms with Crippen molar-refractivity contribution < 1.29 is 14.6 Å². The van der Waals surface area contributed by atoms with Gasteiger partial charge in [-0.05, 0) is 86.4 Å². The smallest absolute Gasteiger partial charge is 0.160 e. The van der Waals surface area contributed by atoms with Crippen molar-refractivity contribution in [1.29, 1.82) is 0 Å². The Kier molecular flexibility index (Phi) is 6.15. The molecular formula is C22H28FNO2. The lowest BCUT2D eigenvalue weighted by atomic mass is 9.73. The average Bonchev–Trinajstić information content (AvgIpc) is 2.65. The van der Waals surface area contributed by atoms with Gasteiger partial charge in [0, 0.05) is 5.56 Å². The molecule has 140 valence electrons. The molecule has 1 aliphatic carbocycles. The molecule has 2 aromatic rings. The lowest BCUT2D eigenvalue weighted by Crippen LogP contribution is -2.31. The van der Waals surface area contributed by atoms with Crippen LogP contribution in [0.5, 0.6) is 11.5 Å². The maximum absolute atomic E-state index is 13.2. The van der Waals surface area contributed by atoms with Crippen molar-refractivity contribution in [3.63, 3.8) is 0 Å². The van der Waals surface area contributed by atoms with E-state index in [0.717, 1.165) is 61.9 Å². The molecule has 2 atom stereocenters. The van der Waals surface area contributed by atoms with E-state index in [4.69, 9.17) is 0 Å². The minimum absolute atomic E-state index is 0.0363. The summed E-state index contributed by atoms with van der Waals surface area (Å²) in [5, 5.41) is 23.6. The highest BCUT2D eigenvalue weighted by Gasteiger charge is 2.30. The first-order chi connectivity index (χ1) is 12.6. The van der Waals surface area contributed by atoms with Crippen molar-refractivity contribution in [3.8, 4) is 11.5 Å². The van der Waals surface area contributed by atoms with E-state index in [1.165, 1.54) is 12.1 Å². The highest BCUT2D eigenvalue weighted by Crippen LogP contribution is 2.44. The Bertz CT molecular complexity index is 730. The number of benzene rings is 2. The number of halogens is 1. The Labute approximate surface area is 154 Å². The third kappa shape index (κ3) is 4.18. The molecule has 0 radical (unpaired) electrons. The predicted octanol–water partition coefficient (Wildman–Crippen LogP) is 4.52. The largest absolute Gasteiger partial charge is 0.504 e. The van der Waals surface area contributed by atoms with E-state index in [0.29, 0.717) is 11.8 Å². The Morgan fingerprint density at radius 1 is 1.15 bits per heavy atom. The number of rotatable bonds is 7. The molecule has 0 aromatic heterocycles. The van der Waals surface area contributed by atoms with E-state index in [-0.39, 0.29) is 17.3 Å². The fraction of sp³-hybridized carbons (Fsp3) is 0.455. The fourth-order valence-electron chi connectivity index (χ4n) is 4.14. The number of hydrogen-bond acceptors (Lipinski definition) is 3. The van der Waals surface area contributed by atoms with Gasteiger partial charge in [-0.25, -0.2) is 4.39 Å². The van der Waals surface area contributed by atoms with Crippen LogP contribution < -0.4 is 5.32 Å². The van der Waals surface area contributed by atoms with Crippen LogP contribution in [0.3, 0.4) is 0 Å². The zero-order valence-electron chi connectivity index (χ0n) is 15.3. The van der Waals surface area contributed by atoms with Crippen LogP contribution in [0.15, 0.2) is 36.4 Å². The molecule has 2 unspecified atom stereocenters. The first kappa shape index (κ1) is 18.7. The highest BCUT2D eigenvalue weighted by molar-refractivity contribution is 5.51. The summed E-state index contributed by atoms with van der Waals surface area (Å²) in [6, 6.07) is 10.3. The summed E-state index contributed by atoms with van der Waals surface area (Å²) >= 11 is 0. The third-order valence-corrected chi connectivity index (χ3v) is 5.45. The Morgan fingerprint density at radius 3 is 2.65 bits per heavy atom. The van der Waals surface area contributed by atoms with Crippen LogP contribution in [0.4, 0.5) is 4.39 Å². The fourth-order valence-corrected chi connectivity index (χ4v) is 4.14. The summed E-state index contributed by atoms with van der Waals surface area (Å²) in [5.41, 5.74) is 3.17. The molecule has 4 heteroatoms. The van der Waals surface area contributed by atoms with Crippen molar-refractivity contribution in [2.45, 2.75) is 44.9 Å². The lowest BCUT2D eigenvalue weighted by molar-refractivity contribution is 0.347. The van der Waals surface area contributed by atoms with Crippen LogP contribution in [0, 0.1) is 11.7 Å². The second-order valence-corrected chi connectivity index (χ2v) is 7.29. The molecule has 0 spiro atoms. The molecule has 0 aliphatic heterocycles. The van der Waals surface area contributed by atoms with Gasteiger partial charge < -0.3 is 15.5 Å². The van der Waals surface area contributed by atoms with Gasteiger partial charge in [0.2, 0.25) is 0 Å². The number of fused-ring (bicyclic) bond motifs is 1. The molecule has 0 amide bonds. The molecule has 26 heavy (non-hydrogen) atoms. The zero-order chi connectivity index (χ0) is 18.5. The van der Waals surface area contributed by atoms with Crippen LogP contribution in [-0.4, -0.2) is 23.3 Å². The van der Waals surface area contributed by atoms with Crippen molar-refractivity contribution in [3.05, 3.63) is 58.9 Å². The molecule has 2 aromatic carbocycles. The normalized spacial score (nSPS) is 17.7. The van der Waals surface area contributed by atoms with Crippen LogP contribution >= 0.6 is 0 Å². The second-order valence-electron chi connectivity index (χ2n) is 7.29. The van der Waals surface area contributed by atoms with Crippen molar-refractivity contribution >= 4 is 0 Å². The molecular weight excluding hydrogens is 329 g/mol. The van der Waals surface area contributed by atoms with Gasteiger partial charge in [-0.2, -0.15) is 0 Å². The van der Waals surface area contributed by atoms with Gasteiger partial charge in [-0.15, -0.1) is 0 Å². The first-order valence-corrected chi connectivity index (χ1v) is 9.59. The van der Waals surface area contributed by atoms with Crippen LogP contribution in [0.2, 0.25) is 0 Å². The Morgan fingerprint density at radius 2 is 1.92 bits per heavy atom. The van der Waals surface area contributed by atoms with E-state index in [2.05, 4.69) is 12.2 Å². The van der Waals surface area contributed by atoms with Gasteiger partial charge in [0.25, 0.3) is 0 Å². The molecule has 1 aliphatic rings. The van der Waals surface area contributed by atoms with Crippen molar-refractivity contribution in [2.24, 2.45) is 5.92 Å². The number of hydrogen-bond donors (Lipinski definition) is 3. The topological polar surface area (TPSA) is 52.5 Å². The minimum Gasteiger partial charge on any atom is -0.504 e. The maximum Gasteiger partial charge on any atom is 0.160 e. The molecule has 3 nitrogen and oxygen atoms in total. The summed E-state index contributed by atoms with van der Waals surface area (Å²) in [5.74, 6) is 0.463. The van der Waals surface area contributed by atoms with Gasteiger partial charge in [0.05, 0.1) is 0 Å². The van der Waals surface area contributed by atoms with Crippen molar-refractivity contribution in [1.82, 2.24) is 5.32 Å². The van der Waals surface area contributed by atoms with E-state index < -0.39 is 0 Å². The van der Waals surface area contributed by atoms with Gasteiger partial charge in [-0.1, -0.05) is 25.1 Å². The predicted molar refractivity (Wildman–Crippen MR) is 102 cm³/mol. The van der Waals surface area contributed by atoms with Crippen LogP contribution in [0.1, 0.15) is 48.8 Å². The third-order valence-electron chi connectivity index (χ3n) is 5.45. The average molecular weight is 357 g/mol. The summed E-state index contributed by atoms with van der Waals surface area (Å²) in [6.45, 7) is 4.01. The van der Waals surface area contributed by atoms with Crippen molar-refractivity contribution in [2.75, 3.05) is 13.1 Å². The number of phenolic OH excluding ortho intramolecular Hbond substituents is 2. The van der Waals surface area contributed by atoms with Gasteiger partial charge in [0.15, 0.2) is 11.5 Å². The van der Waals surface area contributed by atoms with E-state index >= 15 is 0 Å². The van der Waals surface area contributed by atoms with E-state index in [9.17, 15) is 14.6 Å². The number of nitrogens with one attached hydrogen (secondary N) is 1.